The summed E-state index contributed by atoms with van der Waals surface area (Å²) >= 11 is 1.61. The van der Waals surface area contributed by atoms with Crippen LogP contribution in [0.3, 0.4) is 0 Å². The molecule has 3 rings (SSSR count). The second kappa shape index (κ2) is 6.83. The summed E-state index contributed by atoms with van der Waals surface area (Å²) in [5.74, 6) is 0.0713. The minimum atomic E-state index is 0.0454. The molecule has 4 heteroatoms. The number of hydrogen-bond donors (Lipinski definition) is 1. The van der Waals surface area contributed by atoms with Crippen LogP contribution in [-0.4, -0.2) is 10.9 Å². The summed E-state index contributed by atoms with van der Waals surface area (Å²) in [6.07, 6.45) is 5.36. The van der Waals surface area contributed by atoms with Crippen LogP contribution in [0.2, 0.25) is 0 Å². The van der Waals surface area contributed by atoms with Crippen LogP contribution in [0.5, 0.6) is 0 Å². The number of aromatic nitrogens is 1. The number of carbonyl (C=O) groups excluding carboxylic acids is 1. The predicted octanol–water partition coefficient (Wildman–Crippen LogP) is 4.06. The van der Waals surface area contributed by atoms with Crippen LogP contribution in [0, 0.1) is 13.8 Å². The van der Waals surface area contributed by atoms with Gasteiger partial charge in [0, 0.05) is 4.88 Å². The van der Waals surface area contributed by atoms with Gasteiger partial charge in [-0.05, 0) is 63.1 Å². The molecule has 0 saturated heterocycles. The third-order valence-corrected chi connectivity index (χ3v) is 5.64. The molecule has 1 aliphatic carbocycles. The van der Waals surface area contributed by atoms with E-state index in [1.807, 2.05) is 13.8 Å². The molecular formula is C19H24N2OS. The average molecular weight is 328 g/mol. The molecule has 0 fully saturated rings. The minimum absolute atomic E-state index is 0.0454. The van der Waals surface area contributed by atoms with Gasteiger partial charge in [-0.25, -0.2) is 4.98 Å². The molecule has 1 amide bonds. The largest absolute Gasteiger partial charge is 0.349 e. The number of amides is 1. The van der Waals surface area contributed by atoms with E-state index in [-0.39, 0.29) is 11.9 Å². The van der Waals surface area contributed by atoms with E-state index in [1.54, 1.807) is 11.3 Å². The van der Waals surface area contributed by atoms with E-state index in [0.717, 1.165) is 15.6 Å². The van der Waals surface area contributed by atoms with Gasteiger partial charge in [-0.3, -0.25) is 4.79 Å². The van der Waals surface area contributed by atoms with Crippen molar-refractivity contribution < 1.29 is 4.79 Å². The number of aryl methyl sites for hydroxylation is 4. The lowest BCUT2D eigenvalue weighted by molar-refractivity contribution is -0.121. The molecule has 1 N–H and O–H groups in total. The van der Waals surface area contributed by atoms with Gasteiger partial charge < -0.3 is 5.32 Å². The fraction of sp³-hybridized carbons (Fsp3) is 0.474. The van der Waals surface area contributed by atoms with Gasteiger partial charge in [0.1, 0.15) is 0 Å². The van der Waals surface area contributed by atoms with Crippen LogP contribution in [0.4, 0.5) is 0 Å². The Labute approximate surface area is 142 Å². The van der Waals surface area contributed by atoms with E-state index in [2.05, 4.69) is 35.4 Å². The van der Waals surface area contributed by atoms with E-state index >= 15 is 0 Å². The lowest BCUT2D eigenvalue weighted by atomic mass is 9.89. The van der Waals surface area contributed by atoms with Crippen LogP contribution < -0.4 is 5.32 Å². The Balaban J connectivity index is 1.65. The molecule has 1 aromatic heterocycles. The summed E-state index contributed by atoms with van der Waals surface area (Å²) < 4.78 is 0. The molecular weight excluding hydrogens is 304 g/mol. The smallest absolute Gasteiger partial charge is 0.225 e. The lowest BCUT2D eigenvalue weighted by Crippen LogP contribution is -2.28. The van der Waals surface area contributed by atoms with Crippen LogP contribution in [0.1, 0.15) is 58.1 Å². The number of thiazole rings is 1. The third kappa shape index (κ3) is 3.81. The van der Waals surface area contributed by atoms with Crippen LogP contribution in [0.25, 0.3) is 0 Å². The number of carbonyl (C=O) groups is 1. The quantitative estimate of drug-likeness (QED) is 0.919. The van der Waals surface area contributed by atoms with E-state index in [4.69, 9.17) is 0 Å². The normalized spacial score (nSPS) is 15.1. The van der Waals surface area contributed by atoms with E-state index in [9.17, 15) is 4.79 Å². The van der Waals surface area contributed by atoms with Gasteiger partial charge in [0.05, 0.1) is 23.2 Å². The monoisotopic (exact) mass is 328 g/mol. The van der Waals surface area contributed by atoms with E-state index in [0.29, 0.717) is 6.42 Å². The van der Waals surface area contributed by atoms with Gasteiger partial charge in [-0.1, -0.05) is 18.2 Å². The number of rotatable bonds is 4. The van der Waals surface area contributed by atoms with Crippen molar-refractivity contribution in [2.45, 2.75) is 58.9 Å². The molecule has 1 aromatic carbocycles. The summed E-state index contributed by atoms with van der Waals surface area (Å²) in [6, 6.07) is 6.73. The zero-order valence-electron chi connectivity index (χ0n) is 14.1. The summed E-state index contributed by atoms with van der Waals surface area (Å²) in [4.78, 5) is 17.8. The molecule has 3 nitrogen and oxygen atoms in total. The highest BCUT2D eigenvalue weighted by Crippen LogP contribution is 2.25. The van der Waals surface area contributed by atoms with Gasteiger partial charge in [0.25, 0.3) is 0 Å². The molecule has 0 bridgehead atoms. The maximum atomic E-state index is 12.3. The van der Waals surface area contributed by atoms with Gasteiger partial charge >= 0.3 is 0 Å². The molecule has 1 atom stereocenters. The molecule has 0 radical (unpaired) electrons. The Bertz CT molecular complexity index is 720. The Morgan fingerprint density at radius 3 is 2.70 bits per heavy atom. The van der Waals surface area contributed by atoms with Crippen LogP contribution in [-0.2, 0) is 24.1 Å². The van der Waals surface area contributed by atoms with Gasteiger partial charge in [0.15, 0.2) is 0 Å². The average Bonchev–Trinajstić information content (AvgIpc) is 2.84. The van der Waals surface area contributed by atoms with Gasteiger partial charge in [-0.2, -0.15) is 0 Å². The molecule has 0 saturated carbocycles. The van der Waals surface area contributed by atoms with Crippen molar-refractivity contribution in [3.8, 4) is 0 Å². The van der Waals surface area contributed by atoms with Crippen LogP contribution in [0.15, 0.2) is 18.2 Å². The Kier molecular flexibility index (Phi) is 4.81. The Hall–Kier alpha value is -1.68. The fourth-order valence-corrected chi connectivity index (χ4v) is 4.22. The summed E-state index contributed by atoms with van der Waals surface area (Å²) in [7, 11) is 0. The van der Waals surface area contributed by atoms with Crippen molar-refractivity contribution in [2.24, 2.45) is 0 Å². The van der Waals surface area contributed by atoms with Crippen molar-refractivity contribution in [1.82, 2.24) is 10.3 Å². The number of hydrogen-bond acceptors (Lipinski definition) is 3. The minimum Gasteiger partial charge on any atom is -0.349 e. The van der Waals surface area contributed by atoms with Crippen molar-refractivity contribution in [3.05, 3.63) is 50.5 Å². The summed E-state index contributed by atoms with van der Waals surface area (Å²) in [6.45, 7) is 6.01. The molecule has 23 heavy (non-hydrogen) atoms. The van der Waals surface area contributed by atoms with Crippen LogP contribution >= 0.6 is 11.3 Å². The molecule has 0 spiro atoms. The third-order valence-electron chi connectivity index (χ3n) is 4.57. The lowest BCUT2D eigenvalue weighted by Gasteiger charge is -2.20. The zero-order chi connectivity index (χ0) is 16.4. The number of nitrogens with zero attached hydrogens (tertiary/aromatic N) is 1. The highest BCUT2D eigenvalue weighted by molar-refractivity contribution is 7.11. The Morgan fingerprint density at radius 2 is 2.00 bits per heavy atom. The topological polar surface area (TPSA) is 42.0 Å². The molecule has 0 aliphatic heterocycles. The first kappa shape index (κ1) is 16.2. The van der Waals surface area contributed by atoms with Crippen molar-refractivity contribution in [2.75, 3.05) is 0 Å². The van der Waals surface area contributed by atoms with E-state index in [1.165, 1.54) is 42.4 Å². The second-order valence-corrected chi connectivity index (χ2v) is 7.73. The fourth-order valence-electron chi connectivity index (χ4n) is 3.28. The molecule has 1 aliphatic rings. The highest BCUT2D eigenvalue weighted by Gasteiger charge is 2.15. The maximum absolute atomic E-state index is 12.3. The van der Waals surface area contributed by atoms with Crippen molar-refractivity contribution in [3.63, 3.8) is 0 Å². The predicted molar refractivity (Wildman–Crippen MR) is 94.9 cm³/mol. The second-order valence-electron chi connectivity index (χ2n) is 6.44. The van der Waals surface area contributed by atoms with Crippen molar-refractivity contribution in [1.29, 1.82) is 0 Å². The first-order valence-corrected chi connectivity index (χ1v) is 9.18. The highest BCUT2D eigenvalue weighted by atomic mass is 32.1. The Morgan fingerprint density at radius 1 is 1.26 bits per heavy atom. The van der Waals surface area contributed by atoms with Crippen molar-refractivity contribution >= 4 is 17.2 Å². The zero-order valence-corrected chi connectivity index (χ0v) is 14.9. The molecule has 1 unspecified atom stereocenters. The first-order valence-electron chi connectivity index (χ1n) is 8.37. The number of fused-ring (bicyclic) bond motifs is 1. The van der Waals surface area contributed by atoms with E-state index < -0.39 is 0 Å². The first-order chi connectivity index (χ1) is 11.0. The summed E-state index contributed by atoms with van der Waals surface area (Å²) in [5.41, 5.74) is 5.12. The molecule has 2 aromatic rings. The SMILES string of the molecule is Cc1nc(C)c(CC(=O)NC(C)c2ccc3c(c2)CCCC3)s1. The molecule has 122 valence electrons. The summed E-state index contributed by atoms with van der Waals surface area (Å²) in [5, 5.41) is 4.15. The number of nitrogens with one attached hydrogen (secondary N) is 1. The van der Waals surface area contributed by atoms with Gasteiger partial charge in [-0.15, -0.1) is 11.3 Å². The number of benzene rings is 1. The maximum Gasteiger partial charge on any atom is 0.225 e. The van der Waals surface area contributed by atoms with Gasteiger partial charge in [0.2, 0.25) is 5.91 Å². The standard InChI is InChI=1S/C19H24N2OS/c1-12(16-9-8-15-6-4-5-7-17(15)10-16)21-19(22)11-18-13(2)20-14(3)23-18/h8-10,12H,4-7,11H2,1-3H3,(H,21,22). The molecule has 1 heterocycles.